The number of fused-ring (bicyclic) bond motifs is 20. The van der Waals surface area contributed by atoms with E-state index in [-0.39, 0.29) is 19.5 Å². The Hall–Kier alpha value is -8.10. The van der Waals surface area contributed by atoms with Crippen molar-refractivity contribution < 1.29 is 178 Å². The molecule has 9 rings (SSSR count). The van der Waals surface area contributed by atoms with Crippen LogP contribution in [0.2, 0.25) is 0 Å². The molecule has 0 saturated carbocycles. The monoisotopic (exact) mass is 1580 g/mol. The summed E-state index contributed by atoms with van der Waals surface area (Å²) in [5.41, 5.74) is -45.1. The van der Waals surface area contributed by atoms with Crippen LogP contribution in [-0.2, 0) is 96.5 Å². The molecule has 554 valence electrons. The van der Waals surface area contributed by atoms with Crippen molar-refractivity contribution in [2.24, 2.45) is 0 Å². The standard InChI is InChI=1S/C58H28F36N8.Zn/c1-2-18-3-4-19-20(5-18)40-95-39(19)96-41-33-27(12-53(77,78)79)21(6-47(59,60)61)23(8-49(65,66)67)29(14-55(83,84)85)35(33)43(98-41)100-45-37-31(16-57(89,90)91)25(10-51(71,72)73)26(11-52(74,75)76)32(17-58(92,93)94)38(37)46(102-45)101-44-36-30(15-56(86,87)88)24(9-50(68,69)70)22(7-48(62,63)64)28(13-54(80,81)82)34(36)42(97-40)99-44;/h1,3-5H,6-17H2;/q-2;+2. The Kier molecular flexibility index (Phi) is 20.7. The van der Waals surface area contributed by atoms with Gasteiger partial charge in [-0.05, 0) is 100 Å². The molecule has 0 unspecified atom stereocenters. The van der Waals surface area contributed by atoms with E-state index in [0.29, 0.717) is 12.1 Å². The Bertz CT molecular complexity index is 4700. The van der Waals surface area contributed by atoms with Crippen LogP contribution in [0.5, 0.6) is 0 Å². The third-order valence-electron chi connectivity index (χ3n) is 15.1. The molecule has 0 atom stereocenters. The number of hydrogen-bond donors (Lipinski definition) is 0. The smallest absolute Gasteiger partial charge is 0.357 e. The van der Waals surface area contributed by atoms with Crippen LogP contribution in [0.4, 0.5) is 158 Å². The maximum absolute atomic E-state index is 15.2. The van der Waals surface area contributed by atoms with Crippen molar-refractivity contribution in [1.29, 1.82) is 0 Å². The zero-order valence-electron chi connectivity index (χ0n) is 49.7. The Morgan fingerprint density at radius 3 is 0.680 bits per heavy atom. The first-order valence-corrected chi connectivity index (χ1v) is 27.6. The van der Waals surface area contributed by atoms with Gasteiger partial charge in [-0.15, -0.1) is 6.42 Å². The number of terminal acetylenes is 1. The molecule has 0 saturated heterocycles. The summed E-state index contributed by atoms with van der Waals surface area (Å²) in [6.45, 7) is 0. The average molecular weight is 1590 g/mol. The van der Waals surface area contributed by atoms with E-state index in [0.717, 1.165) is 6.07 Å². The van der Waals surface area contributed by atoms with E-state index < -0.39 is 313 Å². The summed E-state index contributed by atoms with van der Waals surface area (Å²) in [4.78, 5) is 29.1. The zero-order chi connectivity index (χ0) is 76.7. The maximum Gasteiger partial charge on any atom is 2.00 e. The van der Waals surface area contributed by atoms with E-state index in [1.807, 2.05) is 5.92 Å². The van der Waals surface area contributed by atoms with Crippen molar-refractivity contribution in [2.45, 2.75) is 151 Å². The average Bonchev–Trinajstić information content (AvgIpc) is 1.60. The summed E-state index contributed by atoms with van der Waals surface area (Å²) in [6, 6.07) is 2.13. The van der Waals surface area contributed by atoms with Gasteiger partial charge in [0.15, 0.2) is 0 Å². The molecule has 0 N–H and O–H groups in total. The van der Waals surface area contributed by atoms with Gasteiger partial charge in [-0.25, -0.2) is 9.97 Å². The molecule has 2 aliphatic heterocycles. The molecule has 2 aliphatic rings. The molecular formula is C58H28F36N8Zn. The van der Waals surface area contributed by atoms with Crippen LogP contribution in [0.3, 0.4) is 0 Å². The molecule has 0 radical (unpaired) electrons. The van der Waals surface area contributed by atoms with Gasteiger partial charge < -0.3 is 29.9 Å². The van der Waals surface area contributed by atoms with Crippen LogP contribution in [0.1, 0.15) is 72.3 Å². The maximum atomic E-state index is 15.2. The third kappa shape index (κ3) is 19.3. The van der Waals surface area contributed by atoms with Crippen molar-refractivity contribution in [1.82, 2.24) is 39.9 Å². The minimum Gasteiger partial charge on any atom is -0.357 e. The summed E-state index contributed by atoms with van der Waals surface area (Å²) in [6.07, 6.45) is -107. The number of benzene rings is 4. The minimum absolute atomic E-state index is 0. The first kappa shape index (κ1) is 80.6. The quantitative estimate of drug-likeness (QED) is 0.0677. The second kappa shape index (κ2) is 26.5. The summed E-state index contributed by atoms with van der Waals surface area (Å²) < 4.78 is 539. The van der Waals surface area contributed by atoms with Crippen molar-refractivity contribution in [3.8, 4) is 57.9 Å². The predicted molar refractivity (Wildman–Crippen MR) is 279 cm³/mol. The number of nitrogens with zero attached hydrogens (tertiary/aromatic N) is 8. The van der Waals surface area contributed by atoms with E-state index in [2.05, 4.69) is 39.9 Å². The molecule has 7 aromatic rings. The predicted octanol–water partition coefficient (Wildman–Crippen LogP) is 19.4. The molecule has 103 heavy (non-hydrogen) atoms. The van der Waals surface area contributed by atoms with Crippen LogP contribution in [0.25, 0.3) is 89.7 Å². The zero-order valence-corrected chi connectivity index (χ0v) is 52.7. The topological polar surface area (TPSA) is 106 Å². The van der Waals surface area contributed by atoms with Gasteiger partial charge in [-0.3, -0.25) is 0 Å². The molecule has 0 fully saturated rings. The summed E-state index contributed by atoms with van der Waals surface area (Å²) in [5.74, 6) is -6.33. The van der Waals surface area contributed by atoms with E-state index in [4.69, 9.17) is 6.42 Å². The number of rotatable bonds is 12. The Balaban J connectivity index is 0.0000134. The van der Waals surface area contributed by atoms with Crippen LogP contribution >= 0.6 is 0 Å². The first-order chi connectivity index (χ1) is 45.9. The van der Waals surface area contributed by atoms with Crippen LogP contribution in [0, 0.1) is 12.3 Å². The summed E-state index contributed by atoms with van der Waals surface area (Å²) >= 11 is 0. The van der Waals surface area contributed by atoms with Crippen LogP contribution in [-0.4, -0.2) is 104 Å². The van der Waals surface area contributed by atoms with Gasteiger partial charge in [0.05, 0.1) is 100 Å². The second-order valence-corrected chi connectivity index (χ2v) is 22.9. The molecule has 0 aliphatic carbocycles. The van der Waals surface area contributed by atoms with Gasteiger partial charge in [0.2, 0.25) is 0 Å². The van der Waals surface area contributed by atoms with E-state index in [1.165, 1.54) is 0 Å². The molecule has 8 nitrogen and oxygen atoms in total. The molecular weight excluding hydrogens is 1560 g/mol. The van der Waals surface area contributed by atoms with Gasteiger partial charge in [-0.1, -0.05) is 12.0 Å². The van der Waals surface area contributed by atoms with Crippen molar-refractivity contribution >= 4 is 44.1 Å². The second-order valence-electron chi connectivity index (χ2n) is 22.9. The molecule has 8 bridgehead atoms. The van der Waals surface area contributed by atoms with Crippen LogP contribution in [0.15, 0.2) is 18.2 Å². The summed E-state index contributed by atoms with van der Waals surface area (Å²) in [7, 11) is 0. The van der Waals surface area contributed by atoms with Crippen LogP contribution < -0.4 is 9.97 Å². The Labute approximate surface area is 559 Å². The molecule has 45 heteroatoms. The van der Waals surface area contributed by atoms with E-state index in [9.17, 15) is 79.0 Å². The van der Waals surface area contributed by atoms with E-state index in [1.54, 1.807) is 0 Å². The number of halogens is 36. The van der Waals surface area contributed by atoms with Crippen molar-refractivity contribution in [2.75, 3.05) is 0 Å². The van der Waals surface area contributed by atoms with E-state index >= 15 is 79.0 Å². The first-order valence-electron chi connectivity index (χ1n) is 27.6. The molecule has 5 heterocycles. The largest absolute Gasteiger partial charge is 2.00 e. The Morgan fingerprint density at radius 2 is 0.447 bits per heavy atom. The number of aromatic nitrogens is 8. The minimum atomic E-state index is -6.31. The third-order valence-corrected chi connectivity index (χ3v) is 15.1. The fourth-order valence-corrected chi connectivity index (χ4v) is 12.2. The van der Waals surface area contributed by atoms with Gasteiger partial charge >= 0.3 is 93.6 Å². The molecule has 0 spiro atoms. The normalized spacial score (nSPS) is 14.0. The molecule has 0 amide bonds. The van der Waals surface area contributed by atoms with Gasteiger partial charge in [-0.2, -0.15) is 158 Å². The number of alkyl halides is 36. The fraction of sp³-hybridized carbons (Fsp3) is 0.414. The van der Waals surface area contributed by atoms with Gasteiger partial charge in [0.1, 0.15) is 0 Å². The number of hydrogen-bond acceptors (Lipinski definition) is 6. The Morgan fingerprint density at radius 1 is 0.252 bits per heavy atom. The molecule has 4 aromatic carbocycles. The SMILES string of the molecule is C#Cc1ccc2c3nc4nc(nc5[n-]c(nc6nc(nc([n-]3)c2c1)-c1c(CC(F)(F)F)c(CC(F)(F)F)c(CC(F)(F)F)c(CC(F)(F)F)c1-6)c1c(CC(F)(F)F)c(CC(F)(F)F)c(CC(F)(F)F)c(CC(F)(F)F)c51)-c1c(CC(F)(F)F)c(CC(F)(F)F)c(CC(F)(F)F)c(CC(F)(F)F)c1-4.[Zn+2]. The van der Waals surface area contributed by atoms with Crippen molar-refractivity contribution in [3.05, 3.63) is 90.5 Å². The van der Waals surface area contributed by atoms with Crippen molar-refractivity contribution in [3.63, 3.8) is 0 Å². The van der Waals surface area contributed by atoms with Gasteiger partial charge in [0.25, 0.3) is 0 Å². The fourth-order valence-electron chi connectivity index (χ4n) is 12.2. The summed E-state index contributed by atoms with van der Waals surface area (Å²) in [5, 5.41) is -6.39. The molecule has 3 aromatic heterocycles. The van der Waals surface area contributed by atoms with Gasteiger partial charge in [0, 0.05) is 50.4 Å².